The zero-order valence-electron chi connectivity index (χ0n) is 10.3. The lowest BCUT2D eigenvalue weighted by molar-refractivity contribution is 0.254. The van der Waals surface area contributed by atoms with Crippen molar-refractivity contribution < 1.29 is 4.74 Å². The molecule has 0 amide bonds. The lowest BCUT2D eigenvalue weighted by Gasteiger charge is -2.22. The van der Waals surface area contributed by atoms with Crippen molar-refractivity contribution in [1.29, 1.82) is 0 Å². The third-order valence-electron chi connectivity index (χ3n) is 3.27. The van der Waals surface area contributed by atoms with E-state index in [1.54, 1.807) is 0 Å². The average molecular weight is 254 g/mol. The zero-order valence-corrected chi connectivity index (χ0v) is 11.1. The molecule has 0 saturated carbocycles. The van der Waals surface area contributed by atoms with Crippen LogP contribution in [0.25, 0.3) is 0 Å². The Morgan fingerprint density at radius 3 is 3.12 bits per heavy atom. The summed E-state index contributed by atoms with van der Waals surface area (Å²) in [7, 11) is 0. The van der Waals surface area contributed by atoms with Gasteiger partial charge in [-0.3, -0.25) is 0 Å². The minimum Gasteiger partial charge on any atom is -0.492 e. The number of hydrogen-bond acceptors (Lipinski definition) is 2. The Hall–Kier alpha value is -0.730. The fraction of sp³-hybridized carbons (Fsp3) is 0.571. The van der Waals surface area contributed by atoms with Gasteiger partial charge in [0.15, 0.2) is 0 Å². The normalized spacial score (nSPS) is 20.2. The molecule has 3 heteroatoms. The molecule has 0 aromatic heterocycles. The first kappa shape index (κ1) is 12.7. The molecular formula is C14H20ClNO. The van der Waals surface area contributed by atoms with Gasteiger partial charge in [-0.2, -0.15) is 0 Å². The largest absolute Gasteiger partial charge is 0.492 e. The van der Waals surface area contributed by atoms with Gasteiger partial charge in [0.25, 0.3) is 0 Å². The third-order valence-corrected chi connectivity index (χ3v) is 3.58. The van der Waals surface area contributed by atoms with E-state index in [-0.39, 0.29) is 0 Å². The molecule has 2 nitrogen and oxygen atoms in total. The molecular weight excluding hydrogens is 234 g/mol. The third kappa shape index (κ3) is 3.90. The monoisotopic (exact) mass is 253 g/mol. The Labute approximate surface area is 108 Å². The summed E-state index contributed by atoms with van der Waals surface area (Å²) in [5.41, 5.74) is 1.18. The van der Waals surface area contributed by atoms with E-state index in [0.717, 1.165) is 31.2 Å². The second kappa shape index (κ2) is 6.27. The Morgan fingerprint density at radius 2 is 2.35 bits per heavy atom. The standard InChI is InChI=1S/C14H20ClNO/c1-11-4-5-13(15)14(9-11)17-8-6-12-3-2-7-16-10-12/h4-5,9,12,16H,2-3,6-8,10H2,1H3/t12-/m1/s1. The number of hydrogen-bond donors (Lipinski definition) is 1. The van der Waals surface area contributed by atoms with Gasteiger partial charge >= 0.3 is 0 Å². The number of aryl methyl sites for hydroxylation is 1. The van der Waals surface area contributed by atoms with Crippen LogP contribution in [0.3, 0.4) is 0 Å². The molecule has 94 valence electrons. The fourth-order valence-electron chi connectivity index (χ4n) is 2.23. The van der Waals surface area contributed by atoms with Crippen molar-refractivity contribution in [2.45, 2.75) is 26.2 Å². The molecule has 1 fully saturated rings. The van der Waals surface area contributed by atoms with E-state index < -0.39 is 0 Å². The highest BCUT2D eigenvalue weighted by Gasteiger charge is 2.12. The van der Waals surface area contributed by atoms with Crippen molar-refractivity contribution in [2.75, 3.05) is 19.7 Å². The van der Waals surface area contributed by atoms with Gasteiger partial charge in [0, 0.05) is 0 Å². The first-order valence-corrected chi connectivity index (χ1v) is 6.73. The summed E-state index contributed by atoms with van der Waals surface area (Å²) in [4.78, 5) is 0. The minimum absolute atomic E-state index is 0.706. The van der Waals surface area contributed by atoms with Crippen LogP contribution >= 0.6 is 11.6 Å². The van der Waals surface area contributed by atoms with Crippen LogP contribution < -0.4 is 10.1 Å². The summed E-state index contributed by atoms with van der Waals surface area (Å²) >= 11 is 6.08. The maximum Gasteiger partial charge on any atom is 0.138 e. The smallest absolute Gasteiger partial charge is 0.138 e. The summed E-state index contributed by atoms with van der Waals surface area (Å²) in [5, 5.41) is 4.13. The second-order valence-electron chi connectivity index (χ2n) is 4.78. The number of rotatable bonds is 4. The highest BCUT2D eigenvalue weighted by molar-refractivity contribution is 6.32. The van der Waals surface area contributed by atoms with Crippen molar-refractivity contribution in [3.05, 3.63) is 28.8 Å². The summed E-state index contributed by atoms with van der Waals surface area (Å²) in [5.74, 6) is 1.57. The maximum absolute atomic E-state index is 6.08. The first-order valence-electron chi connectivity index (χ1n) is 6.35. The number of piperidine rings is 1. The minimum atomic E-state index is 0.706. The van der Waals surface area contributed by atoms with Crippen LogP contribution in [0.5, 0.6) is 5.75 Å². The highest BCUT2D eigenvalue weighted by atomic mass is 35.5. The summed E-state index contributed by atoms with van der Waals surface area (Å²) < 4.78 is 5.76. The van der Waals surface area contributed by atoms with Gasteiger partial charge < -0.3 is 10.1 Å². The molecule has 0 radical (unpaired) electrons. The van der Waals surface area contributed by atoms with Gasteiger partial charge in [-0.15, -0.1) is 0 Å². The van der Waals surface area contributed by atoms with E-state index >= 15 is 0 Å². The van der Waals surface area contributed by atoms with Gasteiger partial charge in [-0.05, 0) is 62.9 Å². The lowest BCUT2D eigenvalue weighted by atomic mass is 9.97. The Kier molecular flexibility index (Phi) is 4.69. The van der Waals surface area contributed by atoms with Crippen LogP contribution in [0.1, 0.15) is 24.8 Å². The molecule has 1 aliphatic rings. The number of benzene rings is 1. The van der Waals surface area contributed by atoms with Gasteiger partial charge in [0.2, 0.25) is 0 Å². The predicted molar refractivity (Wildman–Crippen MR) is 71.9 cm³/mol. The number of nitrogens with one attached hydrogen (secondary N) is 1. The lowest BCUT2D eigenvalue weighted by Crippen LogP contribution is -2.30. The SMILES string of the molecule is Cc1ccc(Cl)c(OCC[C@H]2CCCNC2)c1. The quantitative estimate of drug-likeness (QED) is 0.888. The number of ether oxygens (including phenoxy) is 1. The molecule has 1 atom stereocenters. The first-order chi connectivity index (χ1) is 8.25. The molecule has 0 bridgehead atoms. The van der Waals surface area contributed by atoms with Crippen molar-refractivity contribution in [3.63, 3.8) is 0 Å². The predicted octanol–water partition coefficient (Wildman–Crippen LogP) is 3.42. The van der Waals surface area contributed by atoms with Crippen LogP contribution in [0, 0.1) is 12.8 Å². The number of halogens is 1. The zero-order chi connectivity index (χ0) is 12.1. The fourth-order valence-corrected chi connectivity index (χ4v) is 2.40. The van der Waals surface area contributed by atoms with Crippen molar-refractivity contribution in [1.82, 2.24) is 5.32 Å². The van der Waals surface area contributed by atoms with E-state index in [4.69, 9.17) is 16.3 Å². The molecule has 0 aliphatic carbocycles. The molecule has 17 heavy (non-hydrogen) atoms. The van der Waals surface area contributed by atoms with Gasteiger partial charge in [0.05, 0.1) is 11.6 Å². The van der Waals surface area contributed by atoms with Gasteiger partial charge in [0.1, 0.15) is 5.75 Å². The molecule has 1 saturated heterocycles. The Morgan fingerprint density at radius 1 is 1.47 bits per heavy atom. The van der Waals surface area contributed by atoms with Gasteiger partial charge in [-0.1, -0.05) is 17.7 Å². The molecule has 2 rings (SSSR count). The molecule has 1 aromatic rings. The van der Waals surface area contributed by atoms with Crippen LogP contribution in [0.15, 0.2) is 18.2 Å². The van der Waals surface area contributed by atoms with Crippen LogP contribution in [0.4, 0.5) is 0 Å². The molecule has 0 unspecified atom stereocenters. The second-order valence-corrected chi connectivity index (χ2v) is 5.19. The Bertz CT molecular complexity index is 361. The van der Waals surface area contributed by atoms with Crippen molar-refractivity contribution >= 4 is 11.6 Å². The highest BCUT2D eigenvalue weighted by Crippen LogP contribution is 2.26. The van der Waals surface area contributed by atoms with Crippen LogP contribution in [0.2, 0.25) is 5.02 Å². The molecule has 1 aromatic carbocycles. The maximum atomic E-state index is 6.08. The molecule has 0 spiro atoms. The molecule has 1 heterocycles. The van der Waals surface area contributed by atoms with E-state index in [0.29, 0.717) is 5.02 Å². The average Bonchev–Trinajstić information content (AvgIpc) is 2.35. The van der Waals surface area contributed by atoms with Crippen LogP contribution in [-0.2, 0) is 0 Å². The van der Waals surface area contributed by atoms with E-state index in [1.807, 2.05) is 25.1 Å². The summed E-state index contributed by atoms with van der Waals surface area (Å²) in [6, 6.07) is 5.90. The van der Waals surface area contributed by atoms with Gasteiger partial charge in [-0.25, -0.2) is 0 Å². The van der Waals surface area contributed by atoms with E-state index in [9.17, 15) is 0 Å². The molecule has 1 aliphatic heterocycles. The Balaban J connectivity index is 1.79. The topological polar surface area (TPSA) is 21.3 Å². The van der Waals surface area contributed by atoms with Crippen molar-refractivity contribution in [2.24, 2.45) is 5.92 Å². The van der Waals surface area contributed by atoms with Crippen LogP contribution in [-0.4, -0.2) is 19.7 Å². The van der Waals surface area contributed by atoms with E-state index in [1.165, 1.54) is 24.9 Å². The summed E-state index contributed by atoms with van der Waals surface area (Å²) in [6.45, 7) is 5.11. The summed E-state index contributed by atoms with van der Waals surface area (Å²) in [6.07, 6.45) is 3.71. The van der Waals surface area contributed by atoms with E-state index in [2.05, 4.69) is 5.32 Å². The van der Waals surface area contributed by atoms with Crippen molar-refractivity contribution in [3.8, 4) is 5.75 Å². The molecule has 1 N–H and O–H groups in total.